The van der Waals surface area contributed by atoms with Crippen molar-refractivity contribution in [2.45, 2.75) is 44.1 Å². The van der Waals surface area contributed by atoms with Gasteiger partial charge < -0.3 is 5.32 Å². The number of hydrogen-bond acceptors (Lipinski definition) is 1. The summed E-state index contributed by atoms with van der Waals surface area (Å²) in [5.41, 5.74) is 6.43. The van der Waals surface area contributed by atoms with E-state index >= 15 is 0 Å². The van der Waals surface area contributed by atoms with Crippen LogP contribution in [0, 0.1) is 0 Å². The third-order valence-electron chi connectivity index (χ3n) is 5.62. The standard InChI is InChI=1S/C20H23N/c1-3-14(2)21-13-20-12-17(15-8-4-6-10-18(15)20)16-9-5-7-11-19(16)20/h4-11,14,17,21H,3,12-13H2,1-2H3. The van der Waals surface area contributed by atoms with Gasteiger partial charge in [-0.1, -0.05) is 55.5 Å². The molecule has 1 unspecified atom stereocenters. The van der Waals surface area contributed by atoms with Crippen molar-refractivity contribution in [3.8, 4) is 0 Å². The first-order valence-corrected chi connectivity index (χ1v) is 8.18. The molecule has 108 valence electrons. The first-order valence-electron chi connectivity index (χ1n) is 8.18. The molecular weight excluding hydrogens is 254 g/mol. The Kier molecular flexibility index (Phi) is 2.93. The van der Waals surface area contributed by atoms with Crippen LogP contribution in [0.3, 0.4) is 0 Å². The zero-order chi connectivity index (χ0) is 14.4. The van der Waals surface area contributed by atoms with Crippen molar-refractivity contribution in [3.63, 3.8) is 0 Å². The average Bonchev–Trinajstić information content (AvgIpc) is 3.06. The van der Waals surface area contributed by atoms with E-state index in [1.54, 1.807) is 22.3 Å². The maximum Gasteiger partial charge on any atom is 0.0342 e. The summed E-state index contributed by atoms with van der Waals surface area (Å²) >= 11 is 0. The van der Waals surface area contributed by atoms with E-state index < -0.39 is 0 Å². The van der Waals surface area contributed by atoms with E-state index in [0.29, 0.717) is 12.0 Å². The quantitative estimate of drug-likeness (QED) is 0.882. The van der Waals surface area contributed by atoms with Crippen LogP contribution < -0.4 is 5.32 Å². The third kappa shape index (κ3) is 1.74. The fourth-order valence-corrected chi connectivity index (χ4v) is 4.33. The van der Waals surface area contributed by atoms with Gasteiger partial charge in [-0.05, 0) is 42.0 Å². The predicted molar refractivity (Wildman–Crippen MR) is 87.9 cm³/mol. The van der Waals surface area contributed by atoms with E-state index in [9.17, 15) is 0 Å². The fourth-order valence-electron chi connectivity index (χ4n) is 4.33. The van der Waals surface area contributed by atoms with Crippen LogP contribution in [-0.4, -0.2) is 12.6 Å². The molecule has 1 nitrogen and oxygen atoms in total. The van der Waals surface area contributed by atoms with Gasteiger partial charge in [-0.2, -0.15) is 0 Å². The van der Waals surface area contributed by atoms with E-state index in [-0.39, 0.29) is 5.41 Å². The Morgan fingerprint density at radius 3 is 2.19 bits per heavy atom. The van der Waals surface area contributed by atoms with Crippen LogP contribution in [-0.2, 0) is 5.41 Å². The molecule has 1 N–H and O–H groups in total. The van der Waals surface area contributed by atoms with Gasteiger partial charge in [-0.25, -0.2) is 0 Å². The van der Waals surface area contributed by atoms with Crippen LogP contribution in [0.1, 0.15) is 54.9 Å². The molecule has 0 saturated heterocycles. The van der Waals surface area contributed by atoms with E-state index in [1.807, 2.05) is 0 Å². The SMILES string of the molecule is CCC(C)NCC12CC(c3ccccc31)c1ccccc12. The largest absolute Gasteiger partial charge is 0.313 e. The lowest BCUT2D eigenvalue weighted by atomic mass is 9.75. The molecule has 0 aromatic heterocycles. The Bertz CT molecular complexity index is 626. The molecule has 0 radical (unpaired) electrons. The van der Waals surface area contributed by atoms with Crippen LogP contribution in [0.4, 0.5) is 0 Å². The van der Waals surface area contributed by atoms with E-state index in [4.69, 9.17) is 0 Å². The normalized spacial score (nSPS) is 26.5. The summed E-state index contributed by atoms with van der Waals surface area (Å²) in [5.74, 6) is 0.608. The highest BCUT2D eigenvalue weighted by Gasteiger charge is 2.52. The zero-order valence-corrected chi connectivity index (χ0v) is 12.9. The summed E-state index contributed by atoms with van der Waals surface area (Å²) in [4.78, 5) is 0. The number of rotatable bonds is 4. The molecule has 0 fully saturated rings. The monoisotopic (exact) mass is 277 g/mol. The summed E-state index contributed by atoms with van der Waals surface area (Å²) in [7, 11) is 0. The summed E-state index contributed by atoms with van der Waals surface area (Å²) in [5, 5.41) is 3.77. The van der Waals surface area contributed by atoms with Crippen molar-refractivity contribution in [1.29, 1.82) is 0 Å². The summed E-state index contributed by atoms with van der Waals surface area (Å²) < 4.78 is 0. The van der Waals surface area contributed by atoms with E-state index in [2.05, 4.69) is 67.7 Å². The molecular formula is C20H23N. The third-order valence-corrected chi connectivity index (χ3v) is 5.62. The Morgan fingerprint density at radius 1 is 1.05 bits per heavy atom. The van der Waals surface area contributed by atoms with Crippen molar-refractivity contribution in [1.82, 2.24) is 5.32 Å². The van der Waals surface area contributed by atoms with Gasteiger partial charge in [-0.15, -0.1) is 0 Å². The average molecular weight is 277 g/mol. The van der Waals surface area contributed by atoms with Gasteiger partial charge in [0.05, 0.1) is 0 Å². The molecule has 2 bridgehead atoms. The minimum atomic E-state index is 0.196. The maximum atomic E-state index is 3.77. The first-order chi connectivity index (χ1) is 10.3. The molecule has 0 spiro atoms. The van der Waals surface area contributed by atoms with Crippen molar-refractivity contribution >= 4 is 0 Å². The zero-order valence-electron chi connectivity index (χ0n) is 12.9. The molecule has 0 amide bonds. The van der Waals surface area contributed by atoms with Crippen LogP contribution in [0.15, 0.2) is 48.5 Å². The van der Waals surface area contributed by atoms with Gasteiger partial charge in [0.1, 0.15) is 0 Å². The molecule has 0 aliphatic heterocycles. The second kappa shape index (κ2) is 4.71. The first kappa shape index (κ1) is 13.1. The lowest BCUT2D eigenvalue weighted by Gasteiger charge is -2.32. The van der Waals surface area contributed by atoms with E-state index in [1.165, 1.54) is 12.8 Å². The van der Waals surface area contributed by atoms with Crippen LogP contribution in [0.5, 0.6) is 0 Å². The highest BCUT2D eigenvalue weighted by molar-refractivity contribution is 5.62. The maximum absolute atomic E-state index is 3.77. The van der Waals surface area contributed by atoms with Crippen molar-refractivity contribution in [2.75, 3.05) is 6.54 Å². The van der Waals surface area contributed by atoms with Gasteiger partial charge in [0, 0.05) is 23.9 Å². The summed E-state index contributed by atoms with van der Waals surface area (Å²) in [6.07, 6.45) is 2.43. The molecule has 1 heteroatoms. The van der Waals surface area contributed by atoms with Crippen LogP contribution in [0.2, 0.25) is 0 Å². The molecule has 4 rings (SSSR count). The van der Waals surface area contributed by atoms with Crippen molar-refractivity contribution in [3.05, 3.63) is 70.8 Å². The topological polar surface area (TPSA) is 12.0 Å². The molecule has 2 aromatic rings. The molecule has 0 heterocycles. The van der Waals surface area contributed by atoms with Gasteiger partial charge >= 0.3 is 0 Å². The summed E-state index contributed by atoms with van der Waals surface area (Å²) in [6.45, 7) is 5.60. The minimum Gasteiger partial charge on any atom is -0.313 e. The highest BCUT2D eigenvalue weighted by atomic mass is 14.9. The number of nitrogens with one attached hydrogen (secondary N) is 1. The van der Waals surface area contributed by atoms with Crippen molar-refractivity contribution < 1.29 is 0 Å². The van der Waals surface area contributed by atoms with Gasteiger partial charge in [-0.3, -0.25) is 0 Å². The Balaban J connectivity index is 1.82. The molecule has 0 saturated carbocycles. The number of benzene rings is 2. The van der Waals surface area contributed by atoms with Crippen molar-refractivity contribution in [2.24, 2.45) is 0 Å². The van der Waals surface area contributed by atoms with Crippen LogP contribution >= 0.6 is 0 Å². The number of hydrogen-bond donors (Lipinski definition) is 1. The lowest BCUT2D eigenvalue weighted by molar-refractivity contribution is 0.430. The van der Waals surface area contributed by atoms with Gasteiger partial charge in [0.2, 0.25) is 0 Å². The highest BCUT2D eigenvalue weighted by Crippen LogP contribution is 2.59. The second-order valence-electron chi connectivity index (χ2n) is 6.70. The number of fused-ring (bicyclic) bond motifs is 8. The molecule has 2 aliphatic carbocycles. The smallest absolute Gasteiger partial charge is 0.0342 e. The molecule has 1 atom stereocenters. The minimum absolute atomic E-state index is 0.196. The molecule has 2 aliphatic rings. The van der Waals surface area contributed by atoms with Gasteiger partial charge in [0.15, 0.2) is 0 Å². The fraction of sp³-hybridized carbons (Fsp3) is 0.400. The lowest BCUT2D eigenvalue weighted by Crippen LogP contribution is -2.40. The summed E-state index contributed by atoms with van der Waals surface area (Å²) in [6, 6.07) is 18.7. The molecule has 2 aromatic carbocycles. The van der Waals surface area contributed by atoms with Gasteiger partial charge in [0.25, 0.3) is 0 Å². The Morgan fingerprint density at radius 2 is 1.62 bits per heavy atom. The molecule has 21 heavy (non-hydrogen) atoms. The Labute approximate surface area is 127 Å². The van der Waals surface area contributed by atoms with Crippen LogP contribution in [0.25, 0.3) is 0 Å². The predicted octanol–water partition coefficient (Wildman–Crippen LogP) is 4.21. The van der Waals surface area contributed by atoms with E-state index in [0.717, 1.165) is 6.54 Å². The second-order valence-corrected chi connectivity index (χ2v) is 6.70. The Hall–Kier alpha value is -1.60.